The van der Waals surface area contributed by atoms with Gasteiger partial charge < -0.3 is 14.9 Å². The molecule has 0 aliphatic heterocycles. The first-order valence-electron chi connectivity index (χ1n) is 3.85. The van der Waals surface area contributed by atoms with Crippen molar-refractivity contribution in [1.29, 1.82) is 0 Å². The van der Waals surface area contributed by atoms with Gasteiger partial charge in [0, 0.05) is 5.56 Å². The summed E-state index contributed by atoms with van der Waals surface area (Å²) < 4.78 is 19.4. The molecule has 0 bridgehead atoms. The minimum Gasteiger partial charge on any atom is -0.352 e. The molecule has 0 aliphatic rings. The van der Waals surface area contributed by atoms with Gasteiger partial charge in [0.2, 0.25) is 0 Å². The Kier molecular flexibility index (Phi) is 4.83. The van der Waals surface area contributed by atoms with Gasteiger partial charge in [-0.1, -0.05) is 30.3 Å². The second-order valence-electron chi connectivity index (χ2n) is 2.51. The van der Waals surface area contributed by atoms with Gasteiger partial charge >= 0.3 is 14.2 Å². The average Bonchev–Trinajstić information content (AvgIpc) is 2.18. The van der Waals surface area contributed by atoms with E-state index in [4.69, 9.17) is 9.79 Å². The van der Waals surface area contributed by atoms with Crippen molar-refractivity contribution in [3.05, 3.63) is 35.9 Å². The van der Waals surface area contributed by atoms with Gasteiger partial charge in [0.1, 0.15) is 0 Å². The normalized spacial score (nSPS) is 17.8. The van der Waals surface area contributed by atoms with Crippen LogP contribution >= 0.6 is 17.3 Å². The van der Waals surface area contributed by atoms with E-state index in [-0.39, 0.29) is 5.56 Å². The lowest BCUT2D eigenvalue weighted by Gasteiger charge is -2.24. The number of benzene rings is 1. The van der Waals surface area contributed by atoms with Gasteiger partial charge in [-0.15, -0.1) is 0 Å². The minimum atomic E-state index is -3.39. The Balaban J connectivity index is 2.95. The monoisotopic (exact) mass is 252 g/mol. The van der Waals surface area contributed by atoms with Crippen LogP contribution in [0.15, 0.2) is 30.3 Å². The summed E-state index contributed by atoms with van der Waals surface area (Å²) in [4.78, 5) is 17.2. The Morgan fingerprint density at radius 1 is 1.33 bits per heavy atom. The summed E-state index contributed by atoms with van der Waals surface area (Å²) in [5.41, 5.74) is 0.124. The van der Waals surface area contributed by atoms with Crippen molar-refractivity contribution in [3.8, 4) is 0 Å². The molecule has 3 atom stereocenters. The Labute approximate surface area is 88.4 Å². The molecule has 0 aliphatic carbocycles. The molecule has 84 valence electrons. The van der Waals surface area contributed by atoms with E-state index in [1.807, 2.05) is 0 Å². The Morgan fingerprint density at radius 3 is 2.40 bits per heavy atom. The fourth-order valence-electron chi connectivity index (χ4n) is 0.968. The van der Waals surface area contributed by atoms with Gasteiger partial charge in [-0.25, -0.2) is 4.52 Å². The zero-order chi connectivity index (χ0) is 11.3. The smallest absolute Gasteiger partial charge is 0.321 e. The zero-order valence-corrected chi connectivity index (χ0v) is 9.45. The molecule has 0 heterocycles. The lowest BCUT2D eigenvalue weighted by molar-refractivity contribution is -0.282. The SMILES string of the molecule is O=[PH](O)OC(O)(OPO)c1ccccc1. The first kappa shape index (κ1) is 12.7. The third kappa shape index (κ3) is 3.63. The summed E-state index contributed by atoms with van der Waals surface area (Å²) in [6, 6.07) is 7.73. The highest BCUT2D eigenvalue weighted by Gasteiger charge is 2.34. The van der Waals surface area contributed by atoms with Crippen LogP contribution in [0.1, 0.15) is 5.56 Å². The molecule has 0 saturated carbocycles. The van der Waals surface area contributed by atoms with Crippen molar-refractivity contribution in [2.45, 2.75) is 5.97 Å². The molecule has 1 aromatic rings. The van der Waals surface area contributed by atoms with E-state index < -0.39 is 23.3 Å². The molecule has 6 nitrogen and oxygen atoms in total. The van der Waals surface area contributed by atoms with Gasteiger partial charge in [0.15, 0.2) is 9.03 Å². The molecule has 0 spiro atoms. The van der Waals surface area contributed by atoms with E-state index in [0.29, 0.717) is 0 Å². The second-order valence-corrected chi connectivity index (χ2v) is 3.63. The standard InChI is InChI=1S/C7H10O6P2/c8-7(12-14-9,13-15(10)11)6-4-2-1-3-5-6/h1-5,8-9,14-15H,(H,10,11). The lowest BCUT2D eigenvalue weighted by atomic mass is 10.2. The maximum Gasteiger partial charge on any atom is 0.321 e. The Bertz CT molecular complexity index is 332. The van der Waals surface area contributed by atoms with Crippen LogP contribution in [0.4, 0.5) is 0 Å². The molecular formula is C7H10O6P2. The Morgan fingerprint density at radius 2 is 1.93 bits per heavy atom. The lowest BCUT2D eigenvalue weighted by Crippen LogP contribution is -2.27. The second kappa shape index (κ2) is 5.68. The van der Waals surface area contributed by atoms with Gasteiger partial charge in [-0.05, 0) is 0 Å². The predicted molar refractivity (Wildman–Crippen MR) is 54.3 cm³/mol. The maximum atomic E-state index is 10.5. The molecule has 0 amide bonds. The molecule has 0 radical (unpaired) electrons. The fourth-order valence-corrected chi connectivity index (χ4v) is 1.73. The van der Waals surface area contributed by atoms with Gasteiger partial charge in [0.25, 0.3) is 0 Å². The van der Waals surface area contributed by atoms with Crippen molar-refractivity contribution in [2.24, 2.45) is 0 Å². The largest absolute Gasteiger partial charge is 0.352 e. The van der Waals surface area contributed by atoms with Crippen LogP contribution in [0.3, 0.4) is 0 Å². The van der Waals surface area contributed by atoms with Crippen molar-refractivity contribution < 1.29 is 28.5 Å². The first-order valence-corrected chi connectivity index (χ1v) is 5.97. The van der Waals surface area contributed by atoms with Crippen LogP contribution in [-0.4, -0.2) is 14.9 Å². The highest BCUT2D eigenvalue weighted by atomic mass is 31.1. The molecule has 0 saturated heterocycles. The van der Waals surface area contributed by atoms with Crippen LogP contribution < -0.4 is 0 Å². The van der Waals surface area contributed by atoms with Crippen molar-refractivity contribution in [1.82, 2.24) is 0 Å². The molecule has 3 unspecified atom stereocenters. The molecule has 0 aromatic heterocycles. The third-order valence-corrected chi connectivity index (χ3v) is 2.37. The number of hydrogen-bond donors (Lipinski definition) is 3. The molecule has 8 heteroatoms. The highest BCUT2D eigenvalue weighted by Crippen LogP contribution is 2.37. The number of rotatable bonds is 5. The minimum absolute atomic E-state index is 0.124. The van der Waals surface area contributed by atoms with Gasteiger partial charge in [0.05, 0.1) is 0 Å². The van der Waals surface area contributed by atoms with E-state index in [1.54, 1.807) is 18.2 Å². The van der Waals surface area contributed by atoms with E-state index in [9.17, 15) is 9.67 Å². The van der Waals surface area contributed by atoms with Crippen LogP contribution in [0.2, 0.25) is 0 Å². The van der Waals surface area contributed by atoms with Crippen molar-refractivity contribution >= 4 is 17.3 Å². The predicted octanol–water partition coefficient (Wildman–Crippen LogP) is 0.705. The van der Waals surface area contributed by atoms with E-state index >= 15 is 0 Å². The van der Waals surface area contributed by atoms with Crippen molar-refractivity contribution in [2.75, 3.05) is 0 Å². The fraction of sp³-hybridized carbons (Fsp3) is 0.143. The summed E-state index contributed by atoms with van der Waals surface area (Å²) in [5.74, 6) is -2.39. The van der Waals surface area contributed by atoms with Crippen LogP contribution in [0, 0.1) is 0 Å². The molecule has 1 rings (SSSR count). The van der Waals surface area contributed by atoms with E-state index in [0.717, 1.165) is 0 Å². The van der Waals surface area contributed by atoms with Gasteiger partial charge in [-0.2, -0.15) is 0 Å². The quantitative estimate of drug-likeness (QED) is 0.527. The summed E-state index contributed by atoms with van der Waals surface area (Å²) in [6.07, 6.45) is 0. The van der Waals surface area contributed by atoms with Crippen LogP contribution in [0.5, 0.6) is 0 Å². The summed E-state index contributed by atoms with van der Waals surface area (Å²) >= 11 is 0. The number of hydrogen-bond acceptors (Lipinski definition) is 5. The van der Waals surface area contributed by atoms with E-state index in [1.165, 1.54) is 12.1 Å². The molecule has 15 heavy (non-hydrogen) atoms. The summed E-state index contributed by atoms with van der Waals surface area (Å²) in [5, 5.41) is 9.72. The van der Waals surface area contributed by atoms with Gasteiger partial charge in [-0.3, -0.25) is 9.09 Å². The number of aliphatic hydroxyl groups is 1. The van der Waals surface area contributed by atoms with Crippen molar-refractivity contribution in [3.63, 3.8) is 0 Å². The average molecular weight is 252 g/mol. The summed E-state index contributed by atoms with van der Waals surface area (Å²) in [7, 11) is -4.47. The topological polar surface area (TPSA) is 96.2 Å². The van der Waals surface area contributed by atoms with E-state index in [2.05, 4.69) is 9.05 Å². The molecule has 1 aromatic carbocycles. The zero-order valence-electron chi connectivity index (χ0n) is 7.45. The first-order chi connectivity index (χ1) is 7.08. The summed E-state index contributed by atoms with van der Waals surface area (Å²) in [6.45, 7) is 0. The highest BCUT2D eigenvalue weighted by molar-refractivity contribution is 7.32. The molecule has 3 N–H and O–H groups in total. The van der Waals surface area contributed by atoms with Crippen LogP contribution in [-0.2, 0) is 19.6 Å². The third-order valence-electron chi connectivity index (χ3n) is 1.55. The Hall–Kier alpha value is -0.320. The molecule has 0 fully saturated rings. The maximum absolute atomic E-state index is 10.5. The molecular weight excluding hydrogens is 242 g/mol. The van der Waals surface area contributed by atoms with Crippen LogP contribution in [0.25, 0.3) is 0 Å².